The molecule has 2 unspecified atom stereocenters. The van der Waals surface area contributed by atoms with Gasteiger partial charge in [0.1, 0.15) is 9.39 Å². The van der Waals surface area contributed by atoms with E-state index in [1.165, 1.54) is 38.7 Å². The number of halogens is 1. The van der Waals surface area contributed by atoms with Gasteiger partial charge in [-0.15, -0.1) is 0 Å². The molecule has 2 saturated heterocycles. The van der Waals surface area contributed by atoms with Crippen molar-refractivity contribution in [1.29, 1.82) is 0 Å². The number of piperidine rings is 1. The first-order valence-corrected chi connectivity index (χ1v) is 7.55. The van der Waals surface area contributed by atoms with E-state index < -0.39 is 0 Å². The molecule has 6 heteroatoms. The van der Waals surface area contributed by atoms with Crippen LogP contribution in [0.1, 0.15) is 25.7 Å². The number of H-pyrrole nitrogens is 1. The quantitative estimate of drug-likeness (QED) is 0.784. The van der Waals surface area contributed by atoms with E-state index in [9.17, 15) is 4.79 Å². The van der Waals surface area contributed by atoms with Crippen molar-refractivity contribution in [3.8, 4) is 0 Å². The van der Waals surface area contributed by atoms with Crippen LogP contribution >= 0.6 is 22.6 Å². The molecule has 0 aliphatic carbocycles. The molecule has 0 radical (unpaired) electrons. The number of anilines is 1. The fraction of sp³-hybridized carbons (Fsp3) is 0.667. The molecule has 3 heterocycles. The van der Waals surface area contributed by atoms with E-state index in [2.05, 4.69) is 42.8 Å². The zero-order chi connectivity index (χ0) is 12.5. The van der Waals surface area contributed by atoms with Gasteiger partial charge in [0.15, 0.2) is 0 Å². The van der Waals surface area contributed by atoms with Crippen molar-refractivity contribution in [2.24, 2.45) is 0 Å². The number of aromatic amines is 1. The molecule has 2 aliphatic heterocycles. The fourth-order valence-electron chi connectivity index (χ4n) is 3.03. The Labute approximate surface area is 120 Å². The molecule has 98 valence electrons. The van der Waals surface area contributed by atoms with Crippen molar-refractivity contribution >= 4 is 28.4 Å². The lowest BCUT2D eigenvalue weighted by Crippen LogP contribution is -2.43. The van der Waals surface area contributed by atoms with E-state index in [0.717, 1.165) is 18.3 Å². The summed E-state index contributed by atoms with van der Waals surface area (Å²) in [4.78, 5) is 20.9. The van der Waals surface area contributed by atoms with Gasteiger partial charge in [-0.05, 0) is 54.8 Å². The Hall–Kier alpha value is -0.630. The van der Waals surface area contributed by atoms with Gasteiger partial charge in [0, 0.05) is 18.6 Å². The molecule has 3 rings (SSSR count). The zero-order valence-electron chi connectivity index (χ0n) is 10.2. The minimum Gasteiger partial charge on any atom is -0.366 e. The van der Waals surface area contributed by atoms with Crippen LogP contribution in [0.2, 0.25) is 0 Å². The standard InChI is InChI=1S/C12H17IN4O/c13-10-11(14-7-15-12(10)18)16-8-3-5-17-4-1-2-9(17)6-8/h7-9H,1-6H2,(H2,14,15,16,18). The summed E-state index contributed by atoms with van der Waals surface area (Å²) in [5.74, 6) is 0.732. The van der Waals surface area contributed by atoms with E-state index in [0.29, 0.717) is 9.61 Å². The minimum absolute atomic E-state index is 0.0635. The van der Waals surface area contributed by atoms with Crippen LogP contribution in [0.5, 0.6) is 0 Å². The lowest BCUT2D eigenvalue weighted by Gasteiger charge is -2.35. The van der Waals surface area contributed by atoms with Crippen molar-refractivity contribution in [1.82, 2.24) is 14.9 Å². The topological polar surface area (TPSA) is 61.0 Å². The van der Waals surface area contributed by atoms with Crippen LogP contribution in [0.4, 0.5) is 5.82 Å². The first kappa shape index (κ1) is 12.4. The Kier molecular flexibility index (Phi) is 3.56. The maximum Gasteiger partial charge on any atom is 0.266 e. The third-order valence-corrected chi connectivity index (χ3v) is 4.96. The van der Waals surface area contributed by atoms with Crippen molar-refractivity contribution in [3.05, 3.63) is 20.3 Å². The summed E-state index contributed by atoms with van der Waals surface area (Å²) in [6, 6.07) is 1.18. The Morgan fingerprint density at radius 1 is 1.44 bits per heavy atom. The van der Waals surface area contributed by atoms with Crippen LogP contribution in [-0.2, 0) is 0 Å². The van der Waals surface area contributed by atoms with Crippen molar-refractivity contribution in [2.75, 3.05) is 18.4 Å². The van der Waals surface area contributed by atoms with Crippen molar-refractivity contribution in [3.63, 3.8) is 0 Å². The van der Waals surface area contributed by atoms with Gasteiger partial charge in [-0.1, -0.05) is 0 Å². The Morgan fingerprint density at radius 2 is 2.33 bits per heavy atom. The van der Waals surface area contributed by atoms with E-state index in [1.807, 2.05) is 0 Å². The highest BCUT2D eigenvalue weighted by molar-refractivity contribution is 14.1. The molecule has 0 bridgehead atoms. The second kappa shape index (κ2) is 5.16. The molecule has 18 heavy (non-hydrogen) atoms. The van der Waals surface area contributed by atoms with Crippen LogP contribution in [0.3, 0.4) is 0 Å². The van der Waals surface area contributed by atoms with Crippen LogP contribution in [0.15, 0.2) is 11.1 Å². The second-order valence-corrected chi connectivity index (χ2v) is 6.17. The molecule has 0 aromatic carbocycles. The van der Waals surface area contributed by atoms with E-state index >= 15 is 0 Å². The normalized spacial score (nSPS) is 28.1. The SMILES string of the molecule is O=c1[nH]cnc(NC2CCN3CCCC3C2)c1I. The maximum atomic E-state index is 11.5. The average Bonchev–Trinajstić information content (AvgIpc) is 2.82. The highest BCUT2D eigenvalue weighted by atomic mass is 127. The summed E-state index contributed by atoms with van der Waals surface area (Å²) in [5, 5.41) is 3.44. The van der Waals surface area contributed by atoms with Gasteiger partial charge in [0.05, 0.1) is 6.33 Å². The van der Waals surface area contributed by atoms with Gasteiger partial charge >= 0.3 is 0 Å². The van der Waals surface area contributed by atoms with Gasteiger partial charge in [0.25, 0.3) is 5.56 Å². The number of hydrogen-bond donors (Lipinski definition) is 2. The van der Waals surface area contributed by atoms with Gasteiger partial charge in [0.2, 0.25) is 0 Å². The Morgan fingerprint density at radius 3 is 3.22 bits per heavy atom. The average molecular weight is 360 g/mol. The van der Waals surface area contributed by atoms with Crippen LogP contribution in [-0.4, -0.2) is 40.0 Å². The Balaban J connectivity index is 1.69. The third kappa shape index (κ3) is 2.40. The van der Waals surface area contributed by atoms with Crippen LogP contribution < -0.4 is 10.9 Å². The molecule has 0 saturated carbocycles. The monoisotopic (exact) mass is 360 g/mol. The van der Waals surface area contributed by atoms with Gasteiger partial charge in [-0.3, -0.25) is 4.79 Å². The molecule has 2 fully saturated rings. The summed E-state index contributed by atoms with van der Waals surface area (Å²) in [6.07, 6.45) is 6.43. The van der Waals surface area contributed by atoms with Crippen LogP contribution in [0.25, 0.3) is 0 Å². The summed E-state index contributed by atoms with van der Waals surface area (Å²) >= 11 is 2.05. The first-order chi connectivity index (χ1) is 8.74. The third-order valence-electron chi connectivity index (χ3n) is 3.96. The largest absolute Gasteiger partial charge is 0.366 e. The lowest BCUT2D eigenvalue weighted by molar-refractivity contribution is 0.188. The van der Waals surface area contributed by atoms with Gasteiger partial charge in [-0.2, -0.15) is 0 Å². The number of hydrogen-bond acceptors (Lipinski definition) is 4. The molecule has 5 nitrogen and oxygen atoms in total. The van der Waals surface area contributed by atoms with Gasteiger partial charge in [-0.25, -0.2) is 4.98 Å². The number of aromatic nitrogens is 2. The smallest absolute Gasteiger partial charge is 0.266 e. The predicted octanol–water partition coefficient (Wildman–Crippen LogP) is 1.41. The molecular weight excluding hydrogens is 343 g/mol. The highest BCUT2D eigenvalue weighted by Gasteiger charge is 2.31. The Bertz CT molecular complexity index is 489. The molecule has 1 aromatic rings. The fourth-order valence-corrected chi connectivity index (χ4v) is 3.48. The first-order valence-electron chi connectivity index (χ1n) is 6.48. The van der Waals surface area contributed by atoms with Gasteiger partial charge < -0.3 is 15.2 Å². The number of fused-ring (bicyclic) bond motifs is 1. The molecule has 2 N–H and O–H groups in total. The molecule has 0 spiro atoms. The lowest BCUT2D eigenvalue weighted by atomic mass is 9.98. The second-order valence-electron chi connectivity index (χ2n) is 5.09. The maximum absolute atomic E-state index is 11.5. The predicted molar refractivity (Wildman–Crippen MR) is 78.8 cm³/mol. The highest BCUT2D eigenvalue weighted by Crippen LogP contribution is 2.28. The van der Waals surface area contributed by atoms with E-state index in [4.69, 9.17) is 0 Å². The summed E-state index contributed by atoms with van der Waals surface area (Å²) in [6.45, 7) is 2.43. The number of nitrogens with one attached hydrogen (secondary N) is 2. The summed E-state index contributed by atoms with van der Waals surface area (Å²) < 4.78 is 0.656. The summed E-state index contributed by atoms with van der Waals surface area (Å²) in [7, 11) is 0. The van der Waals surface area contributed by atoms with E-state index in [-0.39, 0.29) is 5.56 Å². The molecule has 2 aliphatic rings. The zero-order valence-corrected chi connectivity index (χ0v) is 12.3. The summed E-state index contributed by atoms with van der Waals surface area (Å²) in [5.41, 5.74) is -0.0635. The van der Waals surface area contributed by atoms with E-state index in [1.54, 1.807) is 0 Å². The van der Waals surface area contributed by atoms with Crippen LogP contribution in [0, 0.1) is 3.57 Å². The molecule has 0 amide bonds. The van der Waals surface area contributed by atoms with Crippen molar-refractivity contribution < 1.29 is 0 Å². The minimum atomic E-state index is -0.0635. The van der Waals surface area contributed by atoms with Crippen molar-refractivity contribution in [2.45, 2.75) is 37.8 Å². The molecular formula is C12H17IN4O. The molecule has 1 aromatic heterocycles. The number of nitrogens with zero attached hydrogens (tertiary/aromatic N) is 2. The molecule has 2 atom stereocenters. The number of rotatable bonds is 2.